The summed E-state index contributed by atoms with van der Waals surface area (Å²) in [6, 6.07) is 0. The molecule has 0 bridgehead atoms. The molecule has 4 nitrogen and oxygen atoms in total. The fraction of sp³-hybridized carbons (Fsp3) is 0.926. The van der Waals surface area contributed by atoms with Crippen LogP contribution in [-0.2, 0) is 19.1 Å². The Kier molecular flexibility index (Phi) is 22.8. The number of esters is 2. The fourth-order valence-corrected chi connectivity index (χ4v) is 3.71. The molecule has 0 aromatic carbocycles. The molecule has 0 rings (SSSR count). The lowest BCUT2D eigenvalue weighted by Crippen LogP contribution is -2.10. The van der Waals surface area contributed by atoms with Crippen LogP contribution < -0.4 is 0 Å². The summed E-state index contributed by atoms with van der Waals surface area (Å²) in [5, 5.41) is 0. The molecule has 0 aromatic rings. The first-order valence-electron chi connectivity index (χ1n) is 13.4. The van der Waals surface area contributed by atoms with Gasteiger partial charge in [0, 0.05) is 12.8 Å². The second-order valence-corrected chi connectivity index (χ2v) is 9.24. The first-order chi connectivity index (χ1) is 15.1. The molecule has 0 aliphatic rings. The van der Waals surface area contributed by atoms with Crippen LogP contribution in [0.2, 0.25) is 0 Å². The van der Waals surface area contributed by atoms with Crippen molar-refractivity contribution in [1.82, 2.24) is 0 Å². The minimum Gasteiger partial charge on any atom is -0.466 e. The SMILES string of the molecule is CCCCOC(=O)CCCCCCCCCCCCCCC(C)CC(=O)OCCCC. The molecule has 0 aliphatic carbocycles. The second kappa shape index (κ2) is 23.6. The number of hydrogen-bond acceptors (Lipinski definition) is 4. The Balaban J connectivity index is 3.26. The van der Waals surface area contributed by atoms with E-state index >= 15 is 0 Å². The van der Waals surface area contributed by atoms with Gasteiger partial charge in [-0.1, -0.05) is 111 Å². The van der Waals surface area contributed by atoms with Crippen molar-refractivity contribution in [3.63, 3.8) is 0 Å². The summed E-state index contributed by atoms with van der Waals surface area (Å²) in [5.74, 6) is 0.402. The zero-order valence-corrected chi connectivity index (χ0v) is 21.1. The van der Waals surface area contributed by atoms with Crippen LogP contribution in [0.3, 0.4) is 0 Å². The monoisotopic (exact) mass is 440 g/mol. The van der Waals surface area contributed by atoms with Gasteiger partial charge >= 0.3 is 11.9 Å². The van der Waals surface area contributed by atoms with Crippen LogP contribution in [0, 0.1) is 5.92 Å². The lowest BCUT2D eigenvalue weighted by Gasteiger charge is -2.11. The highest BCUT2D eigenvalue weighted by Gasteiger charge is 2.09. The van der Waals surface area contributed by atoms with E-state index in [1.54, 1.807) is 0 Å². The Bertz CT molecular complexity index is 408. The van der Waals surface area contributed by atoms with Crippen molar-refractivity contribution in [2.75, 3.05) is 13.2 Å². The molecular weight excluding hydrogens is 388 g/mol. The summed E-state index contributed by atoms with van der Waals surface area (Å²) >= 11 is 0. The van der Waals surface area contributed by atoms with Crippen LogP contribution in [-0.4, -0.2) is 25.2 Å². The summed E-state index contributed by atoms with van der Waals surface area (Å²) in [7, 11) is 0. The van der Waals surface area contributed by atoms with E-state index < -0.39 is 0 Å². The molecule has 4 heteroatoms. The Hall–Kier alpha value is -1.06. The first kappa shape index (κ1) is 29.9. The quantitative estimate of drug-likeness (QED) is 0.119. The molecule has 0 aromatic heterocycles. The summed E-state index contributed by atoms with van der Waals surface area (Å²) < 4.78 is 10.4. The van der Waals surface area contributed by atoms with Crippen LogP contribution in [0.1, 0.15) is 143 Å². The Morgan fingerprint density at radius 3 is 1.48 bits per heavy atom. The van der Waals surface area contributed by atoms with Gasteiger partial charge in [-0.05, 0) is 25.2 Å². The highest BCUT2D eigenvalue weighted by Crippen LogP contribution is 2.16. The van der Waals surface area contributed by atoms with Gasteiger partial charge in [-0.2, -0.15) is 0 Å². The first-order valence-corrected chi connectivity index (χ1v) is 13.4. The third kappa shape index (κ3) is 23.4. The van der Waals surface area contributed by atoms with E-state index in [4.69, 9.17) is 9.47 Å². The molecule has 184 valence electrons. The van der Waals surface area contributed by atoms with Gasteiger partial charge in [0.2, 0.25) is 0 Å². The third-order valence-corrected chi connectivity index (χ3v) is 5.86. The van der Waals surface area contributed by atoms with E-state index in [0.717, 1.165) is 44.9 Å². The van der Waals surface area contributed by atoms with Crippen LogP contribution in [0.5, 0.6) is 0 Å². The molecule has 0 fully saturated rings. The topological polar surface area (TPSA) is 52.6 Å². The number of carbonyl (C=O) groups is 2. The van der Waals surface area contributed by atoms with Gasteiger partial charge in [0.05, 0.1) is 13.2 Å². The lowest BCUT2D eigenvalue weighted by atomic mass is 9.99. The maximum absolute atomic E-state index is 11.7. The molecule has 0 aliphatic heterocycles. The smallest absolute Gasteiger partial charge is 0.306 e. The van der Waals surface area contributed by atoms with E-state index in [1.807, 2.05) is 0 Å². The molecule has 0 heterocycles. The molecule has 31 heavy (non-hydrogen) atoms. The third-order valence-electron chi connectivity index (χ3n) is 5.86. The molecule has 0 N–H and O–H groups in total. The van der Waals surface area contributed by atoms with E-state index in [2.05, 4.69) is 20.8 Å². The average molecular weight is 441 g/mol. The normalized spacial score (nSPS) is 12.0. The number of hydrogen-bond donors (Lipinski definition) is 0. The van der Waals surface area contributed by atoms with Gasteiger partial charge in [0.15, 0.2) is 0 Å². The summed E-state index contributed by atoms with van der Waals surface area (Å²) in [6.07, 6.45) is 21.6. The van der Waals surface area contributed by atoms with E-state index in [-0.39, 0.29) is 11.9 Å². The van der Waals surface area contributed by atoms with Crippen molar-refractivity contribution < 1.29 is 19.1 Å². The Morgan fingerprint density at radius 2 is 1.00 bits per heavy atom. The molecule has 0 saturated carbocycles. The highest BCUT2D eigenvalue weighted by molar-refractivity contribution is 5.69. The predicted octanol–water partition coefficient (Wildman–Crippen LogP) is 8.16. The van der Waals surface area contributed by atoms with Crippen molar-refractivity contribution in [2.45, 2.75) is 143 Å². The number of ether oxygens (including phenoxy) is 2. The Labute approximate surface area is 193 Å². The van der Waals surface area contributed by atoms with Gasteiger partial charge in [0.1, 0.15) is 0 Å². The number of unbranched alkanes of at least 4 members (excludes halogenated alkanes) is 13. The van der Waals surface area contributed by atoms with Gasteiger partial charge < -0.3 is 9.47 Å². The second-order valence-electron chi connectivity index (χ2n) is 9.24. The average Bonchev–Trinajstić information content (AvgIpc) is 2.74. The zero-order chi connectivity index (χ0) is 23.0. The van der Waals surface area contributed by atoms with Gasteiger partial charge in [0.25, 0.3) is 0 Å². The van der Waals surface area contributed by atoms with Crippen LogP contribution in [0.25, 0.3) is 0 Å². The summed E-state index contributed by atoms with van der Waals surface area (Å²) in [5.41, 5.74) is 0. The molecule has 0 radical (unpaired) electrons. The van der Waals surface area contributed by atoms with Crippen molar-refractivity contribution >= 4 is 11.9 Å². The van der Waals surface area contributed by atoms with Crippen molar-refractivity contribution in [3.05, 3.63) is 0 Å². The van der Waals surface area contributed by atoms with Gasteiger partial charge in [-0.25, -0.2) is 0 Å². The van der Waals surface area contributed by atoms with Crippen LogP contribution in [0.15, 0.2) is 0 Å². The summed E-state index contributed by atoms with van der Waals surface area (Å²) in [6.45, 7) is 7.55. The maximum Gasteiger partial charge on any atom is 0.306 e. The maximum atomic E-state index is 11.7. The van der Waals surface area contributed by atoms with Crippen LogP contribution in [0.4, 0.5) is 0 Å². The van der Waals surface area contributed by atoms with Crippen LogP contribution >= 0.6 is 0 Å². The Morgan fingerprint density at radius 1 is 0.581 bits per heavy atom. The van der Waals surface area contributed by atoms with E-state index in [9.17, 15) is 9.59 Å². The van der Waals surface area contributed by atoms with E-state index in [1.165, 1.54) is 64.2 Å². The van der Waals surface area contributed by atoms with E-state index in [0.29, 0.717) is 32.0 Å². The van der Waals surface area contributed by atoms with Gasteiger partial charge in [-0.15, -0.1) is 0 Å². The summed E-state index contributed by atoms with van der Waals surface area (Å²) in [4.78, 5) is 23.2. The minimum absolute atomic E-state index is 0.0205. The van der Waals surface area contributed by atoms with Crippen molar-refractivity contribution in [3.8, 4) is 0 Å². The molecule has 0 saturated heterocycles. The van der Waals surface area contributed by atoms with Gasteiger partial charge in [-0.3, -0.25) is 9.59 Å². The zero-order valence-electron chi connectivity index (χ0n) is 21.1. The number of carbonyl (C=O) groups excluding carboxylic acids is 2. The van der Waals surface area contributed by atoms with Crippen molar-refractivity contribution in [1.29, 1.82) is 0 Å². The standard InChI is InChI=1S/C27H52O4/c1-4-6-22-30-26(28)21-19-17-15-13-11-9-8-10-12-14-16-18-20-25(3)24-27(29)31-23-7-5-2/h25H,4-24H2,1-3H3. The molecule has 1 unspecified atom stereocenters. The minimum atomic E-state index is -0.0223. The highest BCUT2D eigenvalue weighted by atomic mass is 16.5. The largest absolute Gasteiger partial charge is 0.466 e. The molecule has 0 spiro atoms. The molecule has 0 amide bonds. The number of rotatable bonds is 23. The van der Waals surface area contributed by atoms with Crippen molar-refractivity contribution in [2.24, 2.45) is 5.92 Å². The molecular formula is C27H52O4. The lowest BCUT2D eigenvalue weighted by molar-refractivity contribution is -0.145. The fourth-order valence-electron chi connectivity index (χ4n) is 3.71. The predicted molar refractivity (Wildman–Crippen MR) is 130 cm³/mol. The molecule has 1 atom stereocenters.